The average Bonchev–Trinajstić information content (AvgIpc) is 3.67. The van der Waals surface area contributed by atoms with Gasteiger partial charge in [-0.2, -0.15) is 10.5 Å². The van der Waals surface area contributed by atoms with Crippen molar-refractivity contribution in [3.05, 3.63) is 169 Å². The maximum atomic E-state index is 10.5. The first-order valence-corrected chi connectivity index (χ1v) is 15.9. The highest BCUT2D eigenvalue weighted by molar-refractivity contribution is 6.11. The quantitative estimate of drug-likeness (QED) is 0.199. The molecular formula is C44H26N4. The number of hydrogen-bond donors (Lipinski definition) is 0. The van der Waals surface area contributed by atoms with E-state index < -0.39 is 0 Å². The van der Waals surface area contributed by atoms with Crippen molar-refractivity contribution in [1.82, 2.24) is 9.13 Å². The van der Waals surface area contributed by atoms with Crippen molar-refractivity contribution in [3.8, 4) is 45.8 Å². The molecule has 0 radical (unpaired) electrons. The molecular weight excluding hydrogens is 585 g/mol. The molecule has 0 atom stereocenters. The van der Waals surface area contributed by atoms with Gasteiger partial charge in [-0.25, -0.2) is 0 Å². The fraction of sp³-hybridized carbons (Fsp3) is 0. The van der Waals surface area contributed by atoms with Gasteiger partial charge in [0.2, 0.25) is 0 Å². The van der Waals surface area contributed by atoms with Crippen LogP contribution in [0.4, 0.5) is 0 Å². The highest BCUT2D eigenvalue weighted by atomic mass is 15.0. The Morgan fingerprint density at radius 1 is 0.396 bits per heavy atom. The Morgan fingerprint density at radius 3 is 1.44 bits per heavy atom. The summed E-state index contributed by atoms with van der Waals surface area (Å²) in [6.45, 7) is 0. The van der Waals surface area contributed by atoms with Crippen LogP contribution in [0.1, 0.15) is 11.1 Å². The minimum Gasteiger partial charge on any atom is -0.309 e. The molecule has 0 aliphatic rings. The van der Waals surface area contributed by atoms with E-state index in [9.17, 15) is 10.5 Å². The van der Waals surface area contributed by atoms with Gasteiger partial charge >= 0.3 is 0 Å². The second-order valence-corrected chi connectivity index (χ2v) is 12.0. The number of fused-ring (bicyclic) bond motifs is 6. The Labute approximate surface area is 277 Å². The first-order valence-electron chi connectivity index (χ1n) is 15.9. The van der Waals surface area contributed by atoms with Crippen molar-refractivity contribution in [1.29, 1.82) is 10.5 Å². The van der Waals surface area contributed by atoms with Crippen LogP contribution in [-0.4, -0.2) is 9.13 Å². The van der Waals surface area contributed by atoms with Crippen molar-refractivity contribution in [2.75, 3.05) is 0 Å². The molecule has 48 heavy (non-hydrogen) atoms. The number of aromatic nitrogens is 2. The van der Waals surface area contributed by atoms with Gasteiger partial charge in [-0.05, 0) is 71.3 Å². The van der Waals surface area contributed by atoms with Gasteiger partial charge in [0, 0.05) is 32.8 Å². The summed E-state index contributed by atoms with van der Waals surface area (Å²) < 4.78 is 4.51. The Morgan fingerprint density at radius 2 is 0.917 bits per heavy atom. The third kappa shape index (κ3) is 4.07. The predicted molar refractivity (Wildman–Crippen MR) is 195 cm³/mol. The lowest BCUT2D eigenvalue weighted by atomic mass is 9.90. The molecule has 4 nitrogen and oxygen atoms in total. The lowest BCUT2D eigenvalue weighted by Crippen LogP contribution is -2.02. The van der Waals surface area contributed by atoms with Crippen LogP contribution in [0.2, 0.25) is 0 Å². The number of para-hydroxylation sites is 5. The van der Waals surface area contributed by atoms with Gasteiger partial charge in [0.05, 0.1) is 45.0 Å². The molecule has 0 fully saturated rings. The van der Waals surface area contributed by atoms with Crippen LogP contribution < -0.4 is 0 Å². The van der Waals surface area contributed by atoms with Crippen LogP contribution >= 0.6 is 0 Å². The van der Waals surface area contributed by atoms with E-state index in [1.807, 2.05) is 54.6 Å². The molecule has 0 spiro atoms. The molecule has 0 N–H and O–H groups in total. The molecule has 0 saturated carbocycles. The van der Waals surface area contributed by atoms with Gasteiger partial charge < -0.3 is 9.13 Å². The zero-order chi connectivity index (χ0) is 32.2. The first-order chi connectivity index (χ1) is 23.7. The SMILES string of the molecule is N#Cc1ccc(-c2ccc(-n3c4ccccc4c4ccccc43)cc2)c(-c2cccc(C#N)c2-n2c3ccccc3c3ccccc32)c1. The summed E-state index contributed by atoms with van der Waals surface area (Å²) in [7, 11) is 0. The molecule has 0 amide bonds. The molecule has 2 heterocycles. The van der Waals surface area contributed by atoms with E-state index in [0.29, 0.717) is 11.1 Å². The molecule has 2 aromatic heterocycles. The van der Waals surface area contributed by atoms with Gasteiger partial charge in [-0.1, -0.05) is 103 Å². The van der Waals surface area contributed by atoms with E-state index in [2.05, 4.69) is 124 Å². The van der Waals surface area contributed by atoms with E-state index in [4.69, 9.17) is 0 Å². The van der Waals surface area contributed by atoms with Crippen LogP contribution in [0, 0.1) is 22.7 Å². The molecule has 7 aromatic carbocycles. The number of rotatable bonds is 4. The number of nitrogens with zero attached hydrogens (tertiary/aromatic N) is 4. The van der Waals surface area contributed by atoms with Crippen molar-refractivity contribution < 1.29 is 0 Å². The molecule has 4 heteroatoms. The fourth-order valence-corrected chi connectivity index (χ4v) is 7.33. The van der Waals surface area contributed by atoms with Crippen LogP contribution in [0.5, 0.6) is 0 Å². The predicted octanol–water partition coefficient (Wildman–Crippen LogP) is 11.0. The van der Waals surface area contributed by atoms with Crippen LogP contribution in [-0.2, 0) is 0 Å². The van der Waals surface area contributed by atoms with Crippen molar-refractivity contribution in [2.24, 2.45) is 0 Å². The topological polar surface area (TPSA) is 57.4 Å². The first kappa shape index (κ1) is 27.4. The smallest absolute Gasteiger partial charge is 0.101 e. The summed E-state index contributed by atoms with van der Waals surface area (Å²) in [4.78, 5) is 0. The van der Waals surface area contributed by atoms with Crippen LogP contribution in [0.3, 0.4) is 0 Å². The van der Waals surface area contributed by atoms with E-state index in [-0.39, 0.29) is 0 Å². The van der Waals surface area contributed by atoms with E-state index >= 15 is 0 Å². The normalized spacial score (nSPS) is 11.3. The largest absolute Gasteiger partial charge is 0.309 e. The maximum absolute atomic E-state index is 10.5. The number of nitriles is 2. The molecule has 0 saturated heterocycles. The fourth-order valence-electron chi connectivity index (χ4n) is 7.33. The Bertz CT molecular complexity index is 2690. The standard InChI is InChI=1S/C44H26N4/c45-27-29-20-25-33(30-21-23-32(24-22-30)47-40-16-5-1-11-34(40)35-12-2-6-17-41(35)47)39(26-29)38-15-9-10-31(28-46)44(38)48-42-18-7-3-13-36(42)37-14-4-8-19-43(37)48/h1-26H. The van der Waals surface area contributed by atoms with Crippen LogP contribution in [0.15, 0.2) is 158 Å². The molecule has 0 unspecified atom stereocenters. The Hall–Kier alpha value is -6.88. The number of hydrogen-bond acceptors (Lipinski definition) is 2. The van der Waals surface area contributed by atoms with Gasteiger partial charge in [-0.15, -0.1) is 0 Å². The molecule has 0 aliphatic carbocycles. The summed E-state index contributed by atoms with van der Waals surface area (Å²) in [6, 6.07) is 58.8. The van der Waals surface area contributed by atoms with Gasteiger partial charge in [-0.3, -0.25) is 0 Å². The minimum absolute atomic E-state index is 0.561. The Kier molecular flexibility index (Phi) is 6.22. The highest BCUT2D eigenvalue weighted by Crippen LogP contribution is 2.42. The second kappa shape index (κ2) is 10.9. The van der Waals surface area contributed by atoms with Crippen molar-refractivity contribution >= 4 is 43.6 Å². The summed E-state index contributed by atoms with van der Waals surface area (Å²) in [5, 5.41) is 25.2. The molecule has 0 aliphatic heterocycles. The molecule has 9 aromatic rings. The lowest BCUT2D eigenvalue weighted by molar-refractivity contribution is 1.17. The van der Waals surface area contributed by atoms with E-state index in [1.165, 1.54) is 10.8 Å². The van der Waals surface area contributed by atoms with Crippen molar-refractivity contribution in [3.63, 3.8) is 0 Å². The maximum Gasteiger partial charge on any atom is 0.101 e. The summed E-state index contributed by atoms with van der Waals surface area (Å²) in [5.74, 6) is 0. The molecule has 0 bridgehead atoms. The Balaban J connectivity index is 1.27. The average molecular weight is 611 g/mol. The third-order valence-electron chi connectivity index (χ3n) is 9.42. The highest BCUT2D eigenvalue weighted by Gasteiger charge is 2.21. The molecule has 9 rings (SSSR count). The minimum atomic E-state index is 0.561. The summed E-state index contributed by atoms with van der Waals surface area (Å²) >= 11 is 0. The van der Waals surface area contributed by atoms with Crippen molar-refractivity contribution in [2.45, 2.75) is 0 Å². The zero-order valence-corrected chi connectivity index (χ0v) is 25.8. The van der Waals surface area contributed by atoms with Gasteiger partial charge in [0.25, 0.3) is 0 Å². The van der Waals surface area contributed by atoms with Crippen LogP contribution in [0.25, 0.3) is 77.2 Å². The van der Waals surface area contributed by atoms with E-state index in [1.54, 1.807) is 0 Å². The second-order valence-electron chi connectivity index (χ2n) is 12.0. The third-order valence-corrected chi connectivity index (χ3v) is 9.42. The lowest BCUT2D eigenvalue weighted by Gasteiger charge is -2.19. The monoisotopic (exact) mass is 610 g/mol. The van der Waals surface area contributed by atoms with Gasteiger partial charge in [0.15, 0.2) is 0 Å². The zero-order valence-electron chi connectivity index (χ0n) is 25.8. The summed E-state index contributed by atoms with van der Waals surface area (Å²) in [5.41, 5.74) is 11.2. The van der Waals surface area contributed by atoms with Gasteiger partial charge in [0.1, 0.15) is 6.07 Å². The number of benzene rings is 7. The summed E-state index contributed by atoms with van der Waals surface area (Å²) in [6.07, 6.45) is 0. The molecule has 222 valence electrons. The van der Waals surface area contributed by atoms with E-state index in [0.717, 1.165) is 66.5 Å².